The summed E-state index contributed by atoms with van der Waals surface area (Å²) in [6, 6.07) is 11.2. The van der Waals surface area contributed by atoms with Crippen LogP contribution >= 0.6 is 0 Å². The van der Waals surface area contributed by atoms with E-state index in [4.69, 9.17) is 14.2 Å². The fourth-order valence-electron chi connectivity index (χ4n) is 3.37. The van der Waals surface area contributed by atoms with Gasteiger partial charge in [0.05, 0.1) is 25.9 Å². The van der Waals surface area contributed by atoms with Crippen molar-refractivity contribution < 1.29 is 23.0 Å². The monoisotopic (exact) mass is 402 g/mol. The summed E-state index contributed by atoms with van der Waals surface area (Å²) < 4.78 is 45.0. The first kappa shape index (κ1) is 21.3. The molecule has 2 atom stereocenters. The second-order valence-electron chi connectivity index (χ2n) is 7.28. The zero-order valence-electron chi connectivity index (χ0n) is 17.0. The number of rotatable bonds is 8. The molecule has 0 amide bonds. The average molecular weight is 402 g/mol. The Balaban J connectivity index is 1.50. The van der Waals surface area contributed by atoms with Crippen LogP contribution in [0.25, 0.3) is 6.08 Å². The van der Waals surface area contributed by atoms with E-state index in [1.165, 1.54) is 17.7 Å². The van der Waals surface area contributed by atoms with Crippen LogP contribution in [0.15, 0.2) is 42.5 Å². The number of ether oxygens (including phenoxy) is 3. The first-order valence-electron chi connectivity index (χ1n) is 10.2. The molecule has 0 saturated carbocycles. The maximum Gasteiger partial charge on any atom is 0.204 e. The lowest BCUT2D eigenvalue weighted by Crippen LogP contribution is -2.25. The van der Waals surface area contributed by atoms with Crippen molar-refractivity contribution in [3.8, 4) is 11.5 Å². The fourth-order valence-corrected chi connectivity index (χ4v) is 3.37. The van der Waals surface area contributed by atoms with Crippen LogP contribution < -0.4 is 9.47 Å². The molecule has 2 aromatic rings. The van der Waals surface area contributed by atoms with E-state index in [9.17, 15) is 8.78 Å². The van der Waals surface area contributed by atoms with Gasteiger partial charge in [0.1, 0.15) is 0 Å². The highest BCUT2D eigenvalue weighted by molar-refractivity contribution is 5.49. The Hall–Kier alpha value is -2.40. The standard InChI is InChI=1S/C24H28F2O3/c1-3-5-17-6-9-19(10-7-17)20-11-8-18(15-28-20)16-29-22-13-12-21(27-14-4-2)23(25)24(22)26/h3,5-7,9-10,12-13,18,20H,4,8,11,14-16H2,1-2H3. The molecule has 3 rings (SSSR count). The normalized spacial score (nSPS) is 19.4. The second-order valence-corrected chi connectivity index (χ2v) is 7.28. The van der Waals surface area contributed by atoms with E-state index in [0.717, 1.165) is 24.8 Å². The van der Waals surface area contributed by atoms with E-state index in [1.54, 1.807) is 0 Å². The van der Waals surface area contributed by atoms with E-state index in [0.29, 0.717) is 19.8 Å². The molecular weight excluding hydrogens is 374 g/mol. The molecule has 156 valence electrons. The van der Waals surface area contributed by atoms with E-state index in [1.807, 2.05) is 19.9 Å². The summed E-state index contributed by atoms with van der Waals surface area (Å²) in [5.41, 5.74) is 2.33. The van der Waals surface area contributed by atoms with Crippen LogP contribution in [0.2, 0.25) is 0 Å². The number of halogens is 2. The molecule has 3 nitrogen and oxygen atoms in total. The van der Waals surface area contributed by atoms with Crippen molar-refractivity contribution in [1.82, 2.24) is 0 Å². The van der Waals surface area contributed by atoms with E-state index in [2.05, 4.69) is 30.3 Å². The topological polar surface area (TPSA) is 27.7 Å². The minimum atomic E-state index is -1.01. The summed E-state index contributed by atoms with van der Waals surface area (Å²) >= 11 is 0. The smallest absolute Gasteiger partial charge is 0.204 e. The number of hydrogen-bond donors (Lipinski definition) is 0. The van der Waals surface area contributed by atoms with Crippen molar-refractivity contribution in [2.24, 2.45) is 5.92 Å². The number of benzene rings is 2. The molecule has 1 heterocycles. The number of allylic oxidation sites excluding steroid dienone is 1. The summed E-state index contributed by atoms with van der Waals surface area (Å²) in [7, 11) is 0. The zero-order chi connectivity index (χ0) is 20.6. The minimum Gasteiger partial charge on any atom is -0.490 e. The van der Waals surface area contributed by atoms with Crippen LogP contribution in [0.1, 0.15) is 50.3 Å². The highest BCUT2D eigenvalue weighted by Crippen LogP contribution is 2.32. The van der Waals surface area contributed by atoms with Gasteiger partial charge in [-0.1, -0.05) is 43.3 Å². The summed E-state index contributed by atoms with van der Waals surface area (Å²) in [6.07, 6.45) is 6.64. The summed E-state index contributed by atoms with van der Waals surface area (Å²) in [4.78, 5) is 0. The molecule has 5 heteroatoms. The summed E-state index contributed by atoms with van der Waals surface area (Å²) in [5, 5.41) is 0. The van der Waals surface area contributed by atoms with Gasteiger partial charge >= 0.3 is 0 Å². The maximum atomic E-state index is 14.2. The van der Waals surface area contributed by atoms with Gasteiger partial charge in [-0.15, -0.1) is 0 Å². The number of hydrogen-bond acceptors (Lipinski definition) is 3. The van der Waals surface area contributed by atoms with E-state index < -0.39 is 11.6 Å². The molecule has 1 saturated heterocycles. The van der Waals surface area contributed by atoms with Crippen molar-refractivity contribution in [3.63, 3.8) is 0 Å². The third-order valence-corrected chi connectivity index (χ3v) is 4.99. The van der Waals surface area contributed by atoms with Crippen molar-refractivity contribution in [3.05, 3.63) is 65.2 Å². The summed E-state index contributed by atoms with van der Waals surface area (Å²) in [6.45, 7) is 5.06. The van der Waals surface area contributed by atoms with Crippen LogP contribution in [-0.4, -0.2) is 19.8 Å². The Bertz CT molecular complexity index is 810. The Morgan fingerprint density at radius 2 is 1.69 bits per heavy atom. The molecule has 0 radical (unpaired) electrons. The Morgan fingerprint density at radius 3 is 2.28 bits per heavy atom. The van der Waals surface area contributed by atoms with Gasteiger partial charge in [-0.25, -0.2) is 0 Å². The largest absolute Gasteiger partial charge is 0.490 e. The van der Waals surface area contributed by atoms with Gasteiger partial charge in [-0.05, 0) is 49.4 Å². The molecule has 1 aliphatic rings. The van der Waals surface area contributed by atoms with Crippen molar-refractivity contribution >= 4 is 6.08 Å². The molecule has 1 fully saturated rings. The van der Waals surface area contributed by atoms with Gasteiger partial charge in [0.25, 0.3) is 0 Å². The highest BCUT2D eigenvalue weighted by Gasteiger charge is 2.24. The molecule has 1 aliphatic heterocycles. The predicted octanol–water partition coefficient (Wildman–Crippen LogP) is 6.33. The lowest BCUT2D eigenvalue weighted by molar-refractivity contribution is -0.0289. The van der Waals surface area contributed by atoms with Gasteiger partial charge < -0.3 is 14.2 Å². The van der Waals surface area contributed by atoms with Crippen LogP contribution in [0.4, 0.5) is 8.78 Å². The zero-order valence-corrected chi connectivity index (χ0v) is 17.0. The second kappa shape index (κ2) is 10.4. The van der Waals surface area contributed by atoms with Gasteiger partial charge in [0, 0.05) is 5.92 Å². The molecule has 0 aliphatic carbocycles. The SMILES string of the molecule is CC=Cc1ccc(C2CCC(COc3ccc(OCCC)c(F)c3F)CO2)cc1. The first-order chi connectivity index (χ1) is 14.1. The van der Waals surface area contributed by atoms with Gasteiger partial charge in [-0.3, -0.25) is 0 Å². The Labute approximate surface area is 171 Å². The third kappa shape index (κ3) is 5.57. The molecule has 0 bridgehead atoms. The molecule has 0 aromatic heterocycles. The lowest BCUT2D eigenvalue weighted by Gasteiger charge is -2.29. The minimum absolute atomic E-state index is 0.0649. The van der Waals surface area contributed by atoms with Gasteiger partial charge in [0.2, 0.25) is 11.6 Å². The quantitative estimate of drug-likeness (QED) is 0.516. The molecular formula is C24H28F2O3. The Morgan fingerprint density at radius 1 is 1.00 bits per heavy atom. The summed E-state index contributed by atoms with van der Waals surface area (Å²) in [5.74, 6) is -2.03. The third-order valence-electron chi connectivity index (χ3n) is 4.99. The Kier molecular flexibility index (Phi) is 7.64. The molecule has 0 N–H and O–H groups in total. The van der Waals surface area contributed by atoms with Crippen LogP contribution in [0, 0.1) is 17.6 Å². The van der Waals surface area contributed by atoms with Gasteiger partial charge in [0.15, 0.2) is 11.5 Å². The van der Waals surface area contributed by atoms with E-state index >= 15 is 0 Å². The predicted molar refractivity (Wildman–Crippen MR) is 110 cm³/mol. The van der Waals surface area contributed by atoms with Crippen molar-refractivity contribution in [2.75, 3.05) is 19.8 Å². The van der Waals surface area contributed by atoms with Gasteiger partial charge in [-0.2, -0.15) is 8.78 Å². The first-order valence-corrected chi connectivity index (χ1v) is 10.2. The van der Waals surface area contributed by atoms with Crippen LogP contribution in [-0.2, 0) is 4.74 Å². The van der Waals surface area contributed by atoms with Crippen LogP contribution in [0.3, 0.4) is 0 Å². The molecule has 2 aromatic carbocycles. The molecule has 2 unspecified atom stereocenters. The maximum absolute atomic E-state index is 14.2. The highest BCUT2D eigenvalue weighted by atomic mass is 19.2. The van der Waals surface area contributed by atoms with Crippen LogP contribution in [0.5, 0.6) is 11.5 Å². The van der Waals surface area contributed by atoms with Crippen molar-refractivity contribution in [2.45, 2.75) is 39.2 Å². The molecule has 0 spiro atoms. The average Bonchev–Trinajstić information content (AvgIpc) is 2.75. The fraction of sp³-hybridized carbons (Fsp3) is 0.417. The van der Waals surface area contributed by atoms with Crippen molar-refractivity contribution in [1.29, 1.82) is 0 Å². The molecule has 29 heavy (non-hydrogen) atoms. The lowest BCUT2D eigenvalue weighted by atomic mass is 9.94. The van der Waals surface area contributed by atoms with E-state index in [-0.39, 0.29) is 23.5 Å².